The number of ether oxygens (including phenoxy) is 4. The summed E-state index contributed by atoms with van der Waals surface area (Å²) in [6.07, 6.45) is -5.26. The van der Waals surface area contributed by atoms with Gasteiger partial charge in [0, 0.05) is 12.0 Å². The zero-order chi connectivity index (χ0) is 27.8. The second kappa shape index (κ2) is 10.9. The van der Waals surface area contributed by atoms with E-state index in [4.69, 9.17) is 18.9 Å². The van der Waals surface area contributed by atoms with Crippen molar-refractivity contribution >= 4 is 18.0 Å². The lowest BCUT2D eigenvalue weighted by atomic mass is 9.81. The van der Waals surface area contributed by atoms with Crippen LogP contribution in [0.2, 0.25) is 0 Å². The maximum Gasteiger partial charge on any atom is 0.334 e. The summed E-state index contributed by atoms with van der Waals surface area (Å²) in [6, 6.07) is 3.91. The van der Waals surface area contributed by atoms with Gasteiger partial charge in [-0.1, -0.05) is 6.07 Å². The number of rotatable bonds is 7. The Labute approximate surface area is 216 Å². The number of aromatic hydroxyl groups is 2. The van der Waals surface area contributed by atoms with Crippen molar-refractivity contribution in [2.24, 2.45) is 11.8 Å². The fraction of sp³-hybridized carbons (Fsp3) is 0.520. The molecule has 0 unspecified atom stereocenters. The maximum atomic E-state index is 12.1. The largest absolute Gasteiger partial charge is 0.504 e. The predicted octanol–water partition coefficient (Wildman–Crippen LogP) is -0.420. The molecule has 0 radical (unpaired) electrons. The molecule has 0 bridgehead atoms. The van der Waals surface area contributed by atoms with Gasteiger partial charge in [0.1, 0.15) is 31.0 Å². The molecule has 38 heavy (non-hydrogen) atoms. The number of hydrogen-bond acceptors (Lipinski definition) is 12. The summed E-state index contributed by atoms with van der Waals surface area (Å²) in [5, 5.41) is 70.3. The molecule has 2 aliphatic heterocycles. The Morgan fingerprint density at radius 3 is 2.53 bits per heavy atom. The fourth-order valence-electron chi connectivity index (χ4n) is 5.02. The number of phenols is 2. The number of carbonyl (C=O) groups is 2. The highest BCUT2D eigenvalue weighted by molar-refractivity contribution is 5.87. The third-order valence-electron chi connectivity index (χ3n) is 7.12. The maximum absolute atomic E-state index is 12.1. The summed E-state index contributed by atoms with van der Waals surface area (Å²) in [7, 11) is 0. The van der Waals surface area contributed by atoms with Crippen molar-refractivity contribution in [1.29, 1.82) is 0 Å². The van der Waals surface area contributed by atoms with E-state index in [0.717, 1.165) is 12.3 Å². The van der Waals surface area contributed by atoms with Crippen molar-refractivity contribution in [2.75, 3.05) is 6.61 Å². The Balaban J connectivity index is 1.41. The molecule has 1 saturated heterocycles. The molecule has 0 aromatic heterocycles. The quantitative estimate of drug-likeness (QED) is 0.134. The van der Waals surface area contributed by atoms with Gasteiger partial charge in [0.25, 0.3) is 0 Å². The molecule has 4 rings (SSSR count). The Hall–Kier alpha value is -3.20. The number of phenolic OH excluding ortho intramolecular Hbond substituents is 2. The first-order valence-electron chi connectivity index (χ1n) is 11.9. The highest BCUT2D eigenvalue weighted by Gasteiger charge is 2.56. The molecule has 208 valence electrons. The fourth-order valence-corrected chi connectivity index (χ4v) is 5.02. The van der Waals surface area contributed by atoms with Gasteiger partial charge in [-0.05, 0) is 43.5 Å². The summed E-state index contributed by atoms with van der Waals surface area (Å²) in [6.45, 7) is 0.987. The van der Waals surface area contributed by atoms with Crippen molar-refractivity contribution in [3.63, 3.8) is 0 Å². The number of aliphatic hydroxyl groups is 4. The van der Waals surface area contributed by atoms with Gasteiger partial charge in [-0.15, -0.1) is 0 Å². The van der Waals surface area contributed by atoms with Crippen LogP contribution in [0.1, 0.15) is 25.3 Å². The zero-order valence-electron chi connectivity index (χ0n) is 20.3. The molecular weight excluding hydrogens is 508 g/mol. The first-order valence-corrected chi connectivity index (χ1v) is 11.9. The summed E-state index contributed by atoms with van der Waals surface area (Å²) < 4.78 is 21.8. The summed E-state index contributed by atoms with van der Waals surface area (Å²) in [4.78, 5) is 23.7. The Kier molecular flexibility index (Phi) is 7.97. The van der Waals surface area contributed by atoms with Crippen LogP contribution in [-0.2, 0) is 28.5 Å². The smallest absolute Gasteiger partial charge is 0.334 e. The molecule has 1 aromatic carbocycles. The van der Waals surface area contributed by atoms with E-state index >= 15 is 0 Å². The Morgan fingerprint density at radius 1 is 1.11 bits per heavy atom. The molecule has 2 heterocycles. The van der Waals surface area contributed by atoms with Crippen molar-refractivity contribution in [2.45, 2.75) is 62.4 Å². The number of fused-ring (bicyclic) bond motifs is 1. The number of esters is 1. The number of benzene rings is 1. The topological polar surface area (TPSA) is 213 Å². The monoisotopic (exact) mass is 538 g/mol. The second-order valence-corrected chi connectivity index (χ2v) is 9.77. The molecule has 1 saturated carbocycles. The molecular formula is C25H30O13. The van der Waals surface area contributed by atoms with E-state index < -0.39 is 73.0 Å². The molecule has 7 N–H and O–H groups in total. The van der Waals surface area contributed by atoms with Crippen LogP contribution in [-0.4, -0.2) is 96.9 Å². The molecule has 0 amide bonds. The second-order valence-electron chi connectivity index (χ2n) is 9.77. The molecule has 13 nitrogen and oxygen atoms in total. The van der Waals surface area contributed by atoms with E-state index in [1.165, 1.54) is 31.2 Å². The average molecular weight is 539 g/mol. The average Bonchev–Trinajstić information content (AvgIpc) is 3.19. The normalized spacial score (nSPS) is 36.8. The number of carboxylic acid groups (broad SMARTS) is 1. The molecule has 13 heteroatoms. The van der Waals surface area contributed by atoms with Crippen LogP contribution in [0.5, 0.6) is 11.5 Å². The minimum atomic E-state index is -1.75. The van der Waals surface area contributed by atoms with Gasteiger partial charge in [0.05, 0.1) is 23.4 Å². The number of aliphatic hydroxyl groups excluding tert-OH is 3. The minimum Gasteiger partial charge on any atom is -0.504 e. The summed E-state index contributed by atoms with van der Waals surface area (Å²) in [5.41, 5.74) is -0.974. The third kappa shape index (κ3) is 5.62. The lowest BCUT2D eigenvalue weighted by Gasteiger charge is -2.44. The van der Waals surface area contributed by atoms with E-state index in [2.05, 4.69) is 0 Å². The van der Waals surface area contributed by atoms with Gasteiger partial charge in [0.2, 0.25) is 6.29 Å². The zero-order valence-corrected chi connectivity index (χ0v) is 20.3. The van der Waals surface area contributed by atoms with Gasteiger partial charge in [-0.2, -0.15) is 0 Å². The number of carbonyl (C=O) groups excluding carboxylic acids is 1. The van der Waals surface area contributed by atoms with Crippen LogP contribution in [0.3, 0.4) is 0 Å². The van der Waals surface area contributed by atoms with Crippen LogP contribution >= 0.6 is 0 Å². The predicted molar refractivity (Wildman–Crippen MR) is 125 cm³/mol. The first kappa shape index (κ1) is 27.8. The molecule has 9 atom stereocenters. The Bertz CT molecular complexity index is 1110. The van der Waals surface area contributed by atoms with E-state index in [9.17, 15) is 45.3 Å². The Morgan fingerprint density at radius 2 is 1.84 bits per heavy atom. The van der Waals surface area contributed by atoms with Gasteiger partial charge in [-0.3, -0.25) is 0 Å². The SMILES string of the molecule is C[C@]1(O)CC[C@@H]2C(C(=O)O)=CO[C@@H](O[C@@H]3O[C@H](COC(=O)/C=C/c4ccc(O)c(O)c4)[C@@H](O)[C@H](O)[C@H]3O)[C@@H]21. The van der Waals surface area contributed by atoms with Crippen molar-refractivity contribution < 1.29 is 64.3 Å². The molecule has 0 spiro atoms. The lowest BCUT2D eigenvalue weighted by Crippen LogP contribution is -2.61. The van der Waals surface area contributed by atoms with Crippen LogP contribution in [0, 0.1) is 11.8 Å². The van der Waals surface area contributed by atoms with Gasteiger partial charge < -0.3 is 54.7 Å². The van der Waals surface area contributed by atoms with Crippen molar-refractivity contribution in [1.82, 2.24) is 0 Å². The van der Waals surface area contributed by atoms with Gasteiger partial charge >= 0.3 is 11.9 Å². The molecule has 2 fully saturated rings. The van der Waals surface area contributed by atoms with Crippen LogP contribution in [0.4, 0.5) is 0 Å². The number of carboxylic acids is 1. The lowest BCUT2D eigenvalue weighted by molar-refractivity contribution is -0.346. The first-order chi connectivity index (χ1) is 17.9. The highest BCUT2D eigenvalue weighted by atomic mass is 16.8. The molecule has 1 aliphatic carbocycles. The van der Waals surface area contributed by atoms with Gasteiger partial charge in [-0.25, -0.2) is 9.59 Å². The van der Waals surface area contributed by atoms with Gasteiger partial charge in [0.15, 0.2) is 17.8 Å². The van der Waals surface area contributed by atoms with E-state index in [0.29, 0.717) is 12.0 Å². The van der Waals surface area contributed by atoms with Crippen LogP contribution in [0.25, 0.3) is 6.08 Å². The third-order valence-corrected chi connectivity index (χ3v) is 7.12. The van der Waals surface area contributed by atoms with Crippen molar-refractivity contribution in [3.8, 4) is 11.5 Å². The number of hydrogen-bond donors (Lipinski definition) is 7. The van der Waals surface area contributed by atoms with E-state index in [-0.39, 0.29) is 23.5 Å². The van der Waals surface area contributed by atoms with Crippen molar-refractivity contribution in [3.05, 3.63) is 41.7 Å². The highest BCUT2D eigenvalue weighted by Crippen LogP contribution is 2.49. The number of aliphatic carboxylic acids is 1. The minimum absolute atomic E-state index is 0.0199. The van der Waals surface area contributed by atoms with E-state index in [1.807, 2.05) is 0 Å². The summed E-state index contributed by atoms with van der Waals surface area (Å²) in [5.74, 6) is -4.15. The summed E-state index contributed by atoms with van der Waals surface area (Å²) >= 11 is 0. The molecule has 1 aromatic rings. The van der Waals surface area contributed by atoms with Crippen LogP contribution in [0.15, 0.2) is 36.1 Å². The van der Waals surface area contributed by atoms with E-state index in [1.54, 1.807) is 0 Å². The standard InChI is InChI=1S/C25H30O13/c1-25(34)7-6-12-13(22(32)33)9-36-23(18(12)25)38-24-21(31)20(30)19(29)16(37-24)10-35-17(28)5-3-11-2-4-14(26)15(27)8-11/h2-5,8-9,12,16,18-21,23-24,26-27,29-31,34H,6-7,10H2,1H3,(H,32,33)/b5-3+/t12-,16-,18-,19-,20+,21-,23+,24+,25+/m1/s1. The molecule has 3 aliphatic rings. The van der Waals surface area contributed by atoms with Crippen LogP contribution < -0.4 is 0 Å².